The number of likely N-dealkylation sites (tertiary alicyclic amines) is 1. The summed E-state index contributed by atoms with van der Waals surface area (Å²) in [6.07, 6.45) is 1.64. The highest BCUT2D eigenvalue weighted by atomic mass is 16.3. The smallest absolute Gasteiger partial charge is 0.237 e. The van der Waals surface area contributed by atoms with E-state index in [1.165, 1.54) is 0 Å². The molecular weight excluding hydrogens is 216 g/mol. The largest absolute Gasteiger partial charge is 0.389 e. The molecule has 1 heterocycles. The minimum atomic E-state index is -0.644. The molecule has 2 N–H and O–H groups in total. The standard InChI is InChI=1S/C13H26N2O2/c1-6-12(3,4)14-11(16)10(2)15-8-7-13(5,17)9-15/h10,17H,6-9H2,1-5H3,(H,14,16). The van der Waals surface area contributed by atoms with Crippen molar-refractivity contribution in [1.29, 1.82) is 0 Å². The normalized spacial score (nSPS) is 28.1. The average molecular weight is 242 g/mol. The number of hydrogen-bond acceptors (Lipinski definition) is 3. The average Bonchev–Trinajstić information content (AvgIpc) is 2.57. The van der Waals surface area contributed by atoms with Crippen LogP contribution < -0.4 is 5.32 Å². The Kier molecular flexibility index (Phi) is 4.20. The summed E-state index contributed by atoms with van der Waals surface area (Å²) in [5.74, 6) is 0.0505. The maximum absolute atomic E-state index is 12.1. The molecule has 4 nitrogen and oxygen atoms in total. The van der Waals surface area contributed by atoms with E-state index in [1.807, 2.05) is 32.6 Å². The summed E-state index contributed by atoms with van der Waals surface area (Å²) in [4.78, 5) is 14.1. The molecule has 2 atom stereocenters. The summed E-state index contributed by atoms with van der Waals surface area (Å²) in [5, 5.41) is 12.9. The minimum absolute atomic E-state index is 0.0505. The van der Waals surface area contributed by atoms with E-state index in [0.29, 0.717) is 6.54 Å². The van der Waals surface area contributed by atoms with Crippen LogP contribution in [0.4, 0.5) is 0 Å². The number of carbonyl (C=O) groups excluding carboxylic acids is 1. The van der Waals surface area contributed by atoms with Crippen molar-refractivity contribution < 1.29 is 9.90 Å². The van der Waals surface area contributed by atoms with Gasteiger partial charge in [0.2, 0.25) is 5.91 Å². The van der Waals surface area contributed by atoms with Crippen molar-refractivity contribution in [1.82, 2.24) is 10.2 Å². The molecule has 0 aromatic rings. The second-order valence-electron chi connectivity index (χ2n) is 6.12. The first-order chi connectivity index (χ1) is 7.67. The number of nitrogens with zero attached hydrogens (tertiary/aromatic N) is 1. The van der Waals surface area contributed by atoms with Gasteiger partial charge >= 0.3 is 0 Å². The molecule has 1 saturated heterocycles. The first-order valence-electron chi connectivity index (χ1n) is 6.45. The molecule has 1 rings (SSSR count). The van der Waals surface area contributed by atoms with Gasteiger partial charge in [-0.2, -0.15) is 0 Å². The second kappa shape index (κ2) is 4.94. The van der Waals surface area contributed by atoms with Crippen LogP contribution in [-0.2, 0) is 4.79 Å². The lowest BCUT2D eigenvalue weighted by Gasteiger charge is -2.30. The zero-order valence-corrected chi connectivity index (χ0v) is 11.7. The molecule has 0 bridgehead atoms. The van der Waals surface area contributed by atoms with Gasteiger partial charge in [0.05, 0.1) is 11.6 Å². The predicted octanol–water partition coefficient (Wildman–Crippen LogP) is 1.14. The van der Waals surface area contributed by atoms with Gasteiger partial charge in [0, 0.05) is 18.6 Å². The second-order valence-corrected chi connectivity index (χ2v) is 6.12. The molecule has 0 spiro atoms. The summed E-state index contributed by atoms with van der Waals surface area (Å²) >= 11 is 0. The zero-order chi connectivity index (χ0) is 13.3. The quantitative estimate of drug-likeness (QED) is 0.777. The molecule has 1 aliphatic heterocycles. The van der Waals surface area contributed by atoms with Crippen LogP contribution in [0.2, 0.25) is 0 Å². The summed E-state index contributed by atoms with van der Waals surface area (Å²) in [6.45, 7) is 11.2. The Bertz CT molecular complexity index is 287. The molecule has 0 saturated carbocycles. The van der Waals surface area contributed by atoms with Gasteiger partial charge in [-0.3, -0.25) is 9.69 Å². The highest BCUT2D eigenvalue weighted by Gasteiger charge is 2.36. The molecule has 100 valence electrons. The van der Waals surface area contributed by atoms with Crippen molar-refractivity contribution in [3.05, 3.63) is 0 Å². The Labute approximate surface area is 104 Å². The van der Waals surface area contributed by atoms with Gasteiger partial charge in [-0.25, -0.2) is 0 Å². The van der Waals surface area contributed by atoms with Crippen LogP contribution in [0, 0.1) is 0 Å². The Balaban J connectivity index is 2.54. The molecule has 0 aromatic heterocycles. The van der Waals surface area contributed by atoms with E-state index < -0.39 is 5.60 Å². The number of β-amino-alcohol motifs (C(OH)–C–C–N with tert-alkyl or cyclic N) is 1. The fourth-order valence-corrected chi connectivity index (χ4v) is 2.00. The Morgan fingerprint density at radius 1 is 1.59 bits per heavy atom. The molecule has 17 heavy (non-hydrogen) atoms. The number of rotatable bonds is 4. The predicted molar refractivity (Wildman–Crippen MR) is 68.8 cm³/mol. The van der Waals surface area contributed by atoms with Gasteiger partial charge in [0.15, 0.2) is 0 Å². The molecule has 2 unspecified atom stereocenters. The number of hydrogen-bond donors (Lipinski definition) is 2. The van der Waals surface area contributed by atoms with Crippen molar-refractivity contribution in [2.45, 2.75) is 64.6 Å². The van der Waals surface area contributed by atoms with Gasteiger partial charge < -0.3 is 10.4 Å². The summed E-state index contributed by atoms with van der Waals surface area (Å²) in [5.41, 5.74) is -0.803. The lowest BCUT2D eigenvalue weighted by atomic mass is 10.0. The fraction of sp³-hybridized carbons (Fsp3) is 0.923. The van der Waals surface area contributed by atoms with Gasteiger partial charge in [0.25, 0.3) is 0 Å². The van der Waals surface area contributed by atoms with Gasteiger partial charge in [-0.05, 0) is 40.5 Å². The molecule has 1 aliphatic rings. The Morgan fingerprint density at radius 3 is 2.59 bits per heavy atom. The Hall–Kier alpha value is -0.610. The molecule has 1 fully saturated rings. The van der Waals surface area contributed by atoms with Gasteiger partial charge in [0.1, 0.15) is 0 Å². The van der Waals surface area contributed by atoms with E-state index >= 15 is 0 Å². The van der Waals surface area contributed by atoms with Crippen LogP contribution in [0.15, 0.2) is 0 Å². The topological polar surface area (TPSA) is 52.6 Å². The van der Waals surface area contributed by atoms with Gasteiger partial charge in [-0.15, -0.1) is 0 Å². The first kappa shape index (κ1) is 14.5. The molecule has 4 heteroatoms. The molecule has 1 amide bonds. The third-order valence-corrected chi connectivity index (χ3v) is 3.75. The van der Waals surface area contributed by atoms with E-state index in [1.54, 1.807) is 0 Å². The van der Waals surface area contributed by atoms with Crippen molar-refractivity contribution in [2.24, 2.45) is 0 Å². The third-order valence-electron chi connectivity index (χ3n) is 3.75. The van der Waals surface area contributed by atoms with Gasteiger partial charge in [-0.1, -0.05) is 6.92 Å². The van der Waals surface area contributed by atoms with Crippen LogP contribution in [0.3, 0.4) is 0 Å². The number of nitrogens with one attached hydrogen (secondary N) is 1. The van der Waals surface area contributed by atoms with Crippen molar-refractivity contribution in [3.8, 4) is 0 Å². The first-order valence-corrected chi connectivity index (χ1v) is 6.45. The Morgan fingerprint density at radius 2 is 2.18 bits per heavy atom. The van der Waals surface area contributed by atoms with Crippen molar-refractivity contribution >= 4 is 5.91 Å². The fourth-order valence-electron chi connectivity index (χ4n) is 2.00. The van der Waals surface area contributed by atoms with Crippen molar-refractivity contribution in [2.75, 3.05) is 13.1 Å². The van der Waals surface area contributed by atoms with E-state index in [2.05, 4.69) is 12.2 Å². The summed E-state index contributed by atoms with van der Waals surface area (Å²) in [6, 6.07) is -0.171. The SMILES string of the molecule is CCC(C)(C)NC(=O)C(C)N1CCC(C)(O)C1. The monoisotopic (exact) mass is 242 g/mol. The van der Waals surface area contributed by atoms with Crippen LogP contribution >= 0.6 is 0 Å². The summed E-state index contributed by atoms with van der Waals surface area (Å²) < 4.78 is 0. The lowest BCUT2D eigenvalue weighted by molar-refractivity contribution is -0.127. The van der Waals surface area contributed by atoms with E-state index in [9.17, 15) is 9.90 Å². The number of amides is 1. The molecule has 0 aliphatic carbocycles. The van der Waals surface area contributed by atoms with E-state index in [-0.39, 0.29) is 17.5 Å². The van der Waals surface area contributed by atoms with Crippen LogP contribution in [0.1, 0.15) is 47.5 Å². The maximum atomic E-state index is 12.1. The molecular formula is C13H26N2O2. The summed E-state index contributed by atoms with van der Waals surface area (Å²) in [7, 11) is 0. The zero-order valence-electron chi connectivity index (χ0n) is 11.7. The van der Waals surface area contributed by atoms with Crippen LogP contribution in [-0.4, -0.2) is 46.2 Å². The maximum Gasteiger partial charge on any atom is 0.237 e. The van der Waals surface area contributed by atoms with E-state index in [0.717, 1.165) is 19.4 Å². The molecule has 0 aromatic carbocycles. The number of aliphatic hydroxyl groups is 1. The van der Waals surface area contributed by atoms with Crippen LogP contribution in [0.5, 0.6) is 0 Å². The highest BCUT2D eigenvalue weighted by molar-refractivity contribution is 5.82. The molecule has 0 radical (unpaired) electrons. The highest BCUT2D eigenvalue weighted by Crippen LogP contribution is 2.22. The lowest BCUT2D eigenvalue weighted by Crippen LogP contribution is -2.52. The van der Waals surface area contributed by atoms with E-state index in [4.69, 9.17) is 0 Å². The third kappa shape index (κ3) is 3.96. The van der Waals surface area contributed by atoms with Crippen LogP contribution in [0.25, 0.3) is 0 Å². The number of carbonyl (C=O) groups is 1. The minimum Gasteiger partial charge on any atom is -0.389 e. The van der Waals surface area contributed by atoms with Crippen molar-refractivity contribution in [3.63, 3.8) is 0 Å².